The lowest BCUT2D eigenvalue weighted by atomic mass is 9.93. The van der Waals surface area contributed by atoms with Gasteiger partial charge in [0.05, 0.1) is 17.7 Å². The minimum Gasteiger partial charge on any atom is -0.477 e. The van der Waals surface area contributed by atoms with Crippen molar-refractivity contribution in [3.05, 3.63) is 59.7 Å². The summed E-state index contributed by atoms with van der Waals surface area (Å²) in [5.74, 6) is 1.78. The highest BCUT2D eigenvalue weighted by molar-refractivity contribution is 6.03. The number of alkyl halides is 1. The Bertz CT molecular complexity index is 1930. The standard InChI is InChI=1S/C34H31F3N6O2/c1-3-23-25(36)8-7-20-5-4-6-24(26(20)23)29-28(37)30-27-31(43-11-10-38-15-22(43)9-12-44-32(27)39-29)41-33(40-30)45-18-34-13-19(2)16-42(34)17-21(35)14-34/h1,4-8,21-22,38H,2,9-18H2/t21-,22-,34?/m1/s1. The molecule has 8 nitrogen and oxygen atoms in total. The Morgan fingerprint density at radius 2 is 2.07 bits per heavy atom. The van der Waals surface area contributed by atoms with E-state index >= 15 is 4.39 Å². The first kappa shape index (κ1) is 28.1. The minimum absolute atomic E-state index is 0.0141. The number of aromatic nitrogens is 3. The van der Waals surface area contributed by atoms with Crippen LogP contribution in [0.5, 0.6) is 11.9 Å². The van der Waals surface area contributed by atoms with Gasteiger partial charge in [-0.05, 0) is 17.9 Å². The summed E-state index contributed by atoms with van der Waals surface area (Å²) < 4.78 is 58.8. The molecule has 3 atom stereocenters. The van der Waals surface area contributed by atoms with Gasteiger partial charge in [0.2, 0.25) is 5.88 Å². The molecule has 0 bridgehead atoms. The van der Waals surface area contributed by atoms with Gasteiger partial charge in [0.1, 0.15) is 41.0 Å². The van der Waals surface area contributed by atoms with E-state index in [0.29, 0.717) is 79.6 Å². The quantitative estimate of drug-likeness (QED) is 0.261. The lowest BCUT2D eigenvalue weighted by molar-refractivity contribution is 0.107. The van der Waals surface area contributed by atoms with Crippen LogP contribution in [-0.4, -0.2) is 83.5 Å². The van der Waals surface area contributed by atoms with Gasteiger partial charge in [0.15, 0.2) is 5.82 Å². The highest BCUT2D eigenvalue weighted by Gasteiger charge is 2.51. The number of fused-ring (bicyclic) bond motifs is 4. The summed E-state index contributed by atoms with van der Waals surface area (Å²) >= 11 is 0. The number of hydrogen-bond donors (Lipinski definition) is 1. The van der Waals surface area contributed by atoms with Crippen LogP contribution in [0, 0.1) is 24.0 Å². The molecule has 0 radical (unpaired) electrons. The maximum Gasteiger partial charge on any atom is 0.319 e. The molecule has 2 aromatic heterocycles. The molecule has 0 saturated carbocycles. The van der Waals surface area contributed by atoms with Crippen molar-refractivity contribution in [2.75, 3.05) is 50.8 Å². The number of pyridine rings is 1. The summed E-state index contributed by atoms with van der Waals surface area (Å²) in [5.41, 5.74) is 0.734. The van der Waals surface area contributed by atoms with Gasteiger partial charge < -0.3 is 19.7 Å². The van der Waals surface area contributed by atoms with Crippen molar-refractivity contribution in [2.45, 2.75) is 37.0 Å². The normalized spacial score (nSPS) is 24.6. The maximum absolute atomic E-state index is 16.9. The highest BCUT2D eigenvalue weighted by atomic mass is 19.1. The third kappa shape index (κ3) is 4.50. The molecule has 3 saturated heterocycles. The molecule has 4 aliphatic rings. The number of terminal acetylenes is 1. The molecule has 1 N–H and O–H groups in total. The fraction of sp³-hybridized carbons (Fsp3) is 0.382. The number of halogens is 3. The van der Waals surface area contributed by atoms with Gasteiger partial charge in [-0.1, -0.05) is 42.3 Å². The van der Waals surface area contributed by atoms with Crippen LogP contribution in [0.2, 0.25) is 0 Å². The number of nitrogens with zero attached hydrogens (tertiary/aromatic N) is 5. The Morgan fingerprint density at radius 3 is 2.93 bits per heavy atom. The summed E-state index contributed by atoms with van der Waals surface area (Å²) in [6.45, 7) is 7.62. The van der Waals surface area contributed by atoms with E-state index in [1.54, 1.807) is 24.3 Å². The fourth-order valence-corrected chi connectivity index (χ4v) is 7.59. The molecule has 6 heterocycles. The predicted octanol–water partition coefficient (Wildman–Crippen LogP) is 4.79. The molecule has 230 valence electrons. The van der Waals surface area contributed by atoms with Gasteiger partial charge in [-0.15, -0.1) is 6.42 Å². The summed E-state index contributed by atoms with van der Waals surface area (Å²) in [5, 5.41) is 4.78. The molecule has 0 amide bonds. The summed E-state index contributed by atoms with van der Waals surface area (Å²) in [4.78, 5) is 18.3. The smallest absolute Gasteiger partial charge is 0.319 e. The molecule has 4 aromatic rings. The van der Waals surface area contributed by atoms with Crippen LogP contribution >= 0.6 is 0 Å². The second-order valence-electron chi connectivity index (χ2n) is 12.4. The Morgan fingerprint density at radius 1 is 1.18 bits per heavy atom. The van der Waals surface area contributed by atoms with Gasteiger partial charge in [-0.3, -0.25) is 4.90 Å². The van der Waals surface area contributed by atoms with E-state index in [0.717, 1.165) is 12.1 Å². The van der Waals surface area contributed by atoms with E-state index in [1.807, 2.05) is 0 Å². The second-order valence-corrected chi connectivity index (χ2v) is 12.4. The first-order chi connectivity index (χ1) is 21.8. The Kier molecular flexibility index (Phi) is 6.62. The molecule has 0 spiro atoms. The van der Waals surface area contributed by atoms with Gasteiger partial charge in [-0.2, -0.15) is 9.97 Å². The third-order valence-electron chi connectivity index (χ3n) is 9.57. The number of piperazine rings is 1. The van der Waals surface area contributed by atoms with Crippen LogP contribution in [-0.2, 0) is 0 Å². The van der Waals surface area contributed by atoms with Gasteiger partial charge in [0.25, 0.3) is 0 Å². The summed E-state index contributed by atoms with van der Waals surface area (Å²) in [7, 11) is 0. The van der Waals surface area contributed by atoms with Crippen molar-refractivity contribution >= 4 is 27.5 Å². The van der Waals surface area contributed by atoms with Crippen LogP contribution < -0.4 is 19.7 Å². The molecule has 3 fully saturated rings. The number of nitrogens with one attached hydrogen (secondary N) is 1. The van der Waals surface area contributed by atoms with E-state index in [-0.39, 0.29) is 41.3 Å². The summed E-state index contributed by atoms with van der Waals surface area (Å²) in [6.07, 6.45) is 6.38. The van der Waals surface area contributed by atoms with Crippen molar-refractivity contribution in [1.29, 1.82) is 0 Å². The van der Waals surface area contributed by atoms with Gasteiger partial charge in [-0.25, -0.2) is 18.2 Å². The lowest BCUT2D eigenvalue weighted by Gasteiger charge is -2.39. The summed E-state index contributed by atoms with van der Waals surface area (Å²) in [6, 6.07) is 8.14. The Hall–Kier alpha value is -4.40. The number of anilines is 1. The minimum atomic E-state index is -0.960. The van der Waals surface area contributed by atoms with E-state index in [4.69, 9.17) is 20.9 Å². The van der Waals surface area contributed by atoms with Crippen LogP contribution in [0.4, 0.5) is 19.0 Å². The second kappa shape index (κ2) is 10.6. The monoisotopic (exact) mass is 612 g/mol. The molecule has 0 aliphatic carbocycles. The van der Waals surface area contributed by atoms with Crippen molar-refractivity contribution in [1.82, 2.24) is 25.2 Å². The predicted molar refractivity (Wildman–Crippen MR) is 165 cm³/mol. The van der Waals surface area contributed by atoms with E-state index in [2.05, 4.69) is 37.6 Å². The molecule has 45 heavy (non-hydrogen) atoms. The van der Waals surface area contributed by atoms with Crippen molar-refractivity contribution in [3.8, 4) is 35.5 Å². The van der Waals surface area contributed by atoms with Crippen LogP contribution in [0.3, 0.4) is 0 Å². The molecular weight excluding hydrogens is 581 g/mol. The number of rotatable bonds is 4. The molecule has 8 rings (SSSR count). The van der Waals surface area contributed by atoms with Gasteiger partial charge >= 0.3 is 6.01 Å². The number of benzene rings is 2. The Balaban J connectivity index is 1.32. The molecule has 4 aliphatic heterocycles. The lowest BCUT2D eigenvalue weighted by Crippen LogP contribution is -2.52. The maximum atomic E-state index is 16.9. The number of ether oxygens (including phenoxy) is 2. The Labute approximate surface area is 258 Å². The zero-order valence-corrected chi connectivity index (χ0v) is 24.6. The molecule has 1 unspecified atom stereocenters. The fourth-order valence-electron chi connectivity index (χ4n) is 7.59. The zero-order chi connectivity index (χ0) is 30.9. The van der Waals surface area contributed by atoms with Crippen molar-refractivity contribution < 1.29 is 22.6 Å². The van der Waals surface area contributed by atoms with Crippen molar-refractivity contribution in [2.24, 2.45) is 0 Å². The average molecular weight is 613 g/mol. The average Bonchev–Trinajstić information content (AvgIpc) is 3.49. The topological polar surface area (TPSA) is 75.6 Å². The number of hydrogen-bond acceptors (Lipinski definition) is 8. The van der Waals surface area contributed by atoms with Gasteiger partial charge in [0, 0.05) is 62.6 Å². The molecular formula is C34H31F3N6O2. The third-order valence-corrected chi connectivity index (χ3v) is 9.57. The first-order valence-electron chi connectivity index (χ1n) is 15.2. The van der Waals surface area contributed by atoms with Crippen LogP contribution in [0.25, 0.3) is 32.9 Å². The largest absolute Gasteiger partial charge is 0.477 e. The van der Waals surface area contributed by atoms with E-state index < -0.39 is 23.3 Å². The molecule has 11 heteroatoms. The zero-order valence-electron chi connectivity index (χ0n) is 24.6. The first-order valence-corrected chi connectivity index (χ1v) is 15.2. The molecule has 2 aromatic carbocycles. The SMILES string of the molecule is C#Cc1c(F)ccc2cccc(-c3nc4c5c(nc(OCC67CC(=C)CN6C[C@H](F)C7)nc5c3F)N3CCNC[C@H]3CCO4)c12. The van der Waals surface area contributed by atoms with E-state index in [9.17, 15) is 8.78 Å². The van der Waals surface area contributed by atoms with E-state index in [1.165, 1.54) is 6.07 Å². The van der Waals surface area contributed by atoms with Crippen LogP contribution in [0.1, 0.15) is 24.8 Å². The highest BCUT2D eigenvalue weighted by Crippen LogP contribution is 2.44. The van der Waals surface area contributed by atoms with Crippen molar-refractivity contribution in [3.63, 3.8) is 0 Å². The van der Waals surface area contributed by atoms with Crippen LogP contribution in [0.15, 0.2) is 42.5 Å².